The van der Waals surface area contributed by atoms with Gasteiger partial charge in [-0.3, -0.25) is 9.59 Å². The Bertz CT molecular complexity index is 552. The van der Waals surface area contributed by atoms with Crippen LogP contribution in [0.1, 0.15) is 72.6 Å². The van der Waals surface area contributed by atoms with Crippen LogP contribution in [0.25, 0.3) is 0 Å². The van der Waals surface area contributed by atoms with Gasteiger partial charge in [-0.05, 0) is 57.3 Å². The van der Waals surface area contributed by atoms with E-state index in [4.69, 9.17) is 4.74 Å². The van der Waals surface area contributed by atoms with Crippen LogP contribution in [0.3, 0.4) is 0 Å². The third-order valence-electron chi connectivity index (χ3n) is 6.55. The maximum atomic E-state index is 13.0. The minimum absolute atomic E-state index is 0.0205. The molecular formula is C22H39N3O4. The third-order valence-corrected chi connectivity index (χ3v) is 6.55. The molecule has 0 radical (unpaired) electrons. The number of hydrogen-bond acceptors (Lipinski definition) is 4. The van der Waals surface area contributed by atoms with Crippen LogP contribution in [-0.4, -0.2) is 54.6 Å². The van der Waals surface area contributed by atoms with Crippen LogP contribution in [0.2, 0.25) is 0 Å². The minimum Gasteiger partial charge on any atom is -0.450 e. The second-order valence-corrected chi connectivity index (χ2v) is 8.80. The number of carbonyl (C=O) groups is 3. The van der Waals surface area contributed by atoms with Crippen molar-refractivity contribution in [1.29, 1.82) is 0 Å². The first-order valence-electron chi connectivity index (χ1n) is 11.4. The summed E-state index contributed by atoms with van der Waals surface area (Å²) >= 11 is 0. The number of ether oxygens (including phenoxy) is 1. The molecule has 1 saturated carbocycles. The van der Waals surface area contributed by atoms with Gasteiger partial charge in [-0.25, -0.2) is 4.79 Å². The Kier molecular flexibility index (Phi) is 9.24. The number of piperidine rings is 1. The van der Waals surface area contributed by atoms with Gasteiger partial charge in [0.05, 0.1) is 6.61 Å². The number of likely N-dealkylation sites (tertiary alicyclic amines) is 1. The van der Waals surface area contributed by atoms with Crippen LogP contribution in [0.5, 0.6) is 0 Å². The first-order chi connectivity index (χ1) is 13.8. The van der Waals surface area contributed by atoms with Gasteiger partial charge in [0, 0.05) is 25.0 Å². The fraction of sp³-hybridized carbons (Fsp3) is 0.864. The third kappa shape index (κ3) is 6.89. The quantitative estimate of drug-likeness (QED) is 0.676. The highest BCUT2D eigenvalue weighted by molar-refractivity contribution is 5.89. The summed E-state index contributed by atoms with van der Waals surface area (Å²) in [5.74, 6) is 0.702. The van der Waals surface area contributed by atoms with E-state index in [1.165, 1.54) is 0 Å². The van der Waals surface area contributed by atoms with Crippen molar-refractivity contribution >= 4 is 17.9 Å². The van der Waals surface area contributed by atoms with Crippen LogP contribution in [-0.2, 0) is 14.3 Å². The molecule has 29 heavy (non-hydrogen) atoms. The lowest BCUT2D eigenvalue weighted by Crippen LogP contribution is -2.55. The Balaban J connectivity index is 1.87. The van der Waals surface area contributed by atoms with Crippen molar-refractivity contribution < 1.29 is 19.1 Å². The molecule has 3 amide bonds. The molecule has 2 atom stereocenters. The van der Waals surface area contributed by atoms with Gasteiger partial charge in [-0.2, -0.15) is 0 Å². The molecule has 2 fully saturated rings. The fourth-order valence-electron chi connectivity index (χ4n) is 4.21. The predicted octanol–water partition coefficient (Wildman–Crippen LogP) is 3.08. The molecule has 1 saturated heterocycles. The monoisotopic (exact) mass is 409 g/mol. The molecule has 1 aliphatic carbocycles. The Morgan fingerprint density at radius 3 is 2.21 bits per heavy atom. The maximum Gasteiger partial charge on any atom is 0.409 e. The van der Waals surface area contributed by atoms with Crippen LogP contribution in [0.15, 0.2) is 0 Å². The van der Waals surface area contributed by atoms with Gasteiger partial charge in [0.25, 0.3) is 0 Å². The molecule has 0 bridgehead atoms. The lowest BCUT2D eigenvalue weighted by atomic mass is 9.82. The molecule has 2 aliphatic rings. The Hall–Kier alpha value is -1.79. The summed E-state index contributed by atoms with van der Waals surface area (Å²) in [5, 5.41) is 6.16. The normalized spacial score (nSPS) is 25.0. The number of nitrogens with one attached hydrogen (secondary N) is 2. The van der Waals surface area contributed by atoms with Gasteiger partial charge in [-0.1, -0.05) is 27.2 Å². The molecule has 1 heterocycles. The highest BCUT2D eigenvalue weighted by Crippen LogP contribution is 2.28. The molecule has 0 spiro atoms. The van der Waals surface area contributed by atoms with E-state index < -0.39 is 6.04 Å². The Labute approximate surface area is 175 Å². The van der Waals surface area contributed by atoms with E-state index in [1.807, 2.05) is 13.8 Å². The first-order valence-corrected chi connectivity index (χ1v) is 11.4. The maximum absolute atomic E-state index is 13.0. The smallest absolute Gasteiger partial charge is 0.409 e. The number of amides is 3. The van der Waals surface area contributed by atoms with Gasteiger partial charge in [0.15, 0.2) is 0 Å². The topological polar surface area (TPSA) is 87.7 Å². The van der Waals surface area contributed by atoms with Crippen molar-refractivity contribution in [2.75, 3.05) is 19.7 Å². The van der Waals surface area contributed by atoms with Crippen LogP contribution in [0, 0.1) is 17.8 Å². The van der Waals surface area contributed by atoms with Gasteiger partial charge in [-0.15, -0.1) is 0 Å². The average molecular weight is 410 g/mol. The minimum atomic E-state index is -0.505. The largest absolute Gasteiger partial charge is 0.450 e. The molecule has 0 aromatic carbocycles. The molecule has 166 valence electrons. The average Bonchev–Trinajstić information content (AvgIpc) is 2.72. The van der Waals surface area contributed by atoms with Crippen LogP contribution in [0.4, 0.5) is 4.79 Å². The summed E-state index contributed by atoms with van der Waals surface area (Å²) in [6.45, 7) is 9.59. The van der Waals surface area contributed by atoms with Crippen molar-refractivity contribution in [3.63, 3.8) is 0 Å². The number of rotatable bonds is 7. The van der Waals surface area contributed by atoms with Crippen molar-refractivity contribution in [2.45, 2.75) is 84.7 Å². The first kappa shape index (κ1) is 23.5. The molecule has 7 nitrogen and oxygen atoms in total. The van der Waals surface area contributed by atoms with Crippen molar-refractivity contribution in [3.05, 3.63) is 0 Å². The molecule has 2 rings (SSSR count). The summed E-state index contributed by atoms with van der Waals surface area (Å²) < 4.78 is 5.04. The van der Waals surface area contributed by atoms with E-state index >= 15 is 0 Å². The summed E-state index contributed by atoms with van der Waals surface area (Å²) in [4.78, 5) is 39.2. The Morgan fingerprint density at radius 1 is 1.03 bits per heavy atom. The van der Waals surface area contributed by atoms with E-state index in [0.29, 0.717) is 38.5 Å². The number of nitrogens with zero attached hydrogens (tertiary/aromatic N) is 1. The lowest BCUT2D eigenvalue weighted by Gasteiger charge is -2.34. The van der Waals surface area contributed by atoms with Gasteiger partial charge >= 0.3 is 6.09 Å². The van der Waals surface area contributed by atoms with Crippen molar-refractivity contribution in [2.24, 2.45) is 17.8 Å². The van der Waals surface area contributed by atoms with Crippen LogP contribution >= 0.6 is 0 Å². The SMILES string of the molecule is CCOC(=O)N1CCC(NC(=O)[C@@H](NC(=O)C2CCC(C)CC2)[C@H](C)CC)CC1. The van der Waals surface area contributed by atoms with E-state index in [2.05, 4.69) is 17.6 Å². The molecule has 2 N–H and O–H groups in total. The molecule has 0 aromatic rings. The van der Waals surface area contributed by atoms with E-state index in [1.54, 1.807) is 11.8 Å². The number of carbonyl (C=O) groups excluding carboxylic acids is 3. The summed E-state index contributed by atoms with van der Waals surface area (Å²) in [6.07, 6.45) is 5.92. The molecular weight excluding hydrogens is 370 g/mol. The Morgan fingerprint density at radius 2 is 1.66 bits per heavy atom. The fourth-order valence-corrected chi connectivity index (χ4v) is 4.21. The zero-order chi connectivity index (χ0) is 21.4. The zero-order valence-corrected chi connectivity index (χ0v) is 18.5. The standard InChI is InChI=1S/C22H39N3O4/c1-5-16(4)19(24-20(26)17-9-7-15(3)8-10-17)21(27)23-18-11-13-25(14-12-18)22(28)29-6-2/h15-19H,5-14H2,1-4H3,(H,23,27)(H,24,26)/t15?,16-,17?,19+/m1/s1. The van der Waals surface area contributed by atoms with Crippen molar-refractivity contribution in [1.82, 2.24) is 15.5 Å². The van der Waals surface area contributed by atoms with E-state index in [9.17, 15) is 14.4 Å². The summed E-state index contributed by atoms with van der Waals surface area (Å²) in [7, 11) is 0. The lowest BCUT2D eigenvalue weighted by molar-refractivity contribution is -0.133. The van der Waals surface area contributed by atoms with Gasteiger partial charge in [0.2, 0.25) is 11.8 Å². The highest BCUT2D eigenvalue weighted by atomic mass is 16.6. The molecule has 1 aliphatic heterocycles. The summed E-state index contributed by atoms with van der Waals surface area (Å²) in [6, 6.07) is -0.484. The highest BCUT2D eigenvalue weighted by Gasteiger charge is 2.32. The molecule has 0 aromatic heterocycles. The second kappa shape index (κ2) is 11.4. The number of hydrogen-bond donors (Lipinski definition) is 2. The predicted molar refractivity (Wildman–Crippen MR) is 112 cm³/mol. The second-order valence-electron chi connectivity index (χ2n) is 8.80. The zero-order valence-electron chi connectivity index (χ0n) is 18.5. The van der Waals surface area contributed by atoms with Gasteiger partial charge < -0.3 is 20.3 Å². The van der Waals surface area contributed by atoms with Crippen LogP contribution < -0.4 is 10.6 Å². The van der Waals surface area contributed by atoms with Gasteiger partial charge in [0.1, 0.15) is 6.04 Å². The molecule has 7 heteroatoms. The molecule has 0 unspecified atom stereocenters. The van der Waals surface area contributed by atoms with Crippen molar-refractivity contribution in [3.8, 4) is 0 Å². The summed E-state index contributed by atoms with van der Waals surface area (Å²) in [5.41, 5.74) is 0. The van der Waals surface area contributed by atoms with E-state index in [0.717, 1.165) is 32.1 Å². The van der Waals surface area contributed by atoms with E-state index in [-0.39, 0.29) is 35.8 Å².